The summed E-state index contributed by atoms with van der Waals surface area (Å²) < 4.78 is 10.6. The zero-order valence-corrected chi connectivity index (χ0v) is 15.2. The predicted octanol–water partition coefficient (Wildman–Crippen LogP) is 3.02. The number of ether oxygens (including phenoxy) is 2. The maximum absolute atomic E-state index is 12.1. The monoisotopic (exact) mass is 361 g/mol. The van der Waals surface area contributed by atoms with E-state index in [0.29, 0.717) is 31.2 Å². The van der Waals surface area contributed by atoms with Gasteiger partial charge in [-0.15, -0.1) is 11.3 Å². The molecule has 1 aromatic heterocycles. The highest BCUT2D eigenvalue weighted by Gasteiger charge is 2.16. The van der Waals surface area contributed by atoms with E-state index in [0.717, 1.165) is 24.3 Å². The lowest BCUT2D eigenvalue weighted by atomic mass is 10.3. The van der Waals surface area contributed by atoms with E-state index in [4.69, 9.17) is 9.47 Å². The van der Waals surface area contributed by atoms with Crippen LogP contribution >= 0.6 is 11.3 Å². The third kappa shape index (κ3) is 4.93. The number of aromatic nitrogens is 1. The predicted molar refractivity (Wildman–Crippen MR) is 98.7 cm³/mol. The molecule has 1 heterocycles. The van der Waals surface area contributed by atoms with Crippen molar-refractivity contribution in [3.63, 3.8) is 0 Å². The van der Waals surface area contributed by atoms with Crippen molar-refractivity contribution in [1.82, 2.24) is 10.3 Å². The van der Waals surface area contributed by atoms with Crippen LogP contribution in [0.3, 0.4) is 0 Å². The number of hydrogen-bond acceptors (Lipinski definition) is 5. The van der Waals surface area contributed by atoms with Gasteiger partial charge >= 0.3 is 6.03 Å². The highest BCUT2D eigenvalue weighted by molar-refractivity contribution is 7.11. The van der Waals surface area contributed by atoms with Crippen molar-refractivity contribution in [2.75, 3.05) is 32.2 Å². The van der Waals surface area contributed by atoms with Crippen LogP contribution in [0.1, 0.15) is 22.0 Å². The van der Waals surface area contributed by atoms with E-state index in [1.54, 1.807) is 18.4 Å². The van der Waals surface area contributed by atoms with Gasteiger partial charge in [0.25, 0.3) is 0 Å². The first-order valence-corrected chi connectivity index (χ1v) is 9.31. The van der Waals surface area contributed by atoms with E-state index in [1.807, 2.05) is 24.3 Å². The second-order valence-electron chi connectivity index (χ2n) is 5.80. The molecule has 0 unspecified atom stereocenters. The fourth-order valence-corrected chi connectivity index (χ4v) is 3.89. The molecule has 0 saturated heterocycles. The molecule has 3 rings (SSSR count). The van der Waals surface area contributed by atoms with Crippen LogP contribution in [0, 0.1) is 0 Å². The number of anilines is 1. The second kappa shape index (κ2) is 8.82. The average Bonchev–Trinajstić information content (AvgIpc) is 3.18. The number of aryl methyl sites for hydroxylation is 2. The van der Waals surface area contributed by atoms with Gasteiger partial charge in [0, 0.05) is 25.0 Å². The van der Waals surface area contributed by atoms with Crippen molar-refractivity contribution in [2.45, 2.75) is 25.7 Å². The Bertz CT molecular complexity index is 696. The van der Waals surface area contributed by atoms with Gasteiger partial charge in [-0.25, -0.2) is 9.78 Å². The maximum atomic E-state index is 12.1. The summed E-state index contributed by atoms with van der Waals surface area (Å²) in [5.74, 6) is 0.631. The number of hydrogen-bond donors (Lipinski definition) is 2. The normalized spacial score (nSPS) is 12.7. The molecule has 2 amide bonds. The van der Waals surface area contributed by atoms with E-state index < -0.39 is 0 Å². The van der Waals surface area contributed by atoms with Crippen LogP contribution < -0.4 is 15.4 Å². The summed E-state index contributed by atoms with van der Waals surface area (Å²) in [6, 6.07) is 7.12. The lowest BCUT2D eigenvalue weighted by Gasteiger charge is -2.12. The number of thiazole rings is 1. The molecule has 2 aromatic rings. The van der Waals surface area contributed by atoms with Crippen LogP contribution in [0.5, 0.6) is 5.75 Å². The molecule has 0 fully saturated rings. The number of benzene rings is 1. The van der Waals surface area contributed by atoms with E-state index >= 15 is 0 Å². The molecule has 0 atom stereocenters. The van der Waals surface area contributed by atoms with Crippen molar-refractivity contribution in [3.8, 4) is 5.75 Å². The highest BCUT2D eigenvalue weighted by atomic mass is 32.1. The molecule has 134 valence electrons. The minimum absolute atomic E-state index is 0.244. The number of fused-ring (bicyclic) bond motifs is 1. The Balaban J connectivity index is 1.45. The Hall–Kier alpha value is -2.12. The Morgan fingerprint density at radius 3 is 3.00 bits per heavy atom. The van der Waals surface area contributed by atoms with E-state index in [9.17, 15) is 4.79 Å². The van der Waals surface area contributed by atoms with Gasteiger partial charge in [0.15, 0.2) is 0 Å². The number of methoxy groups -OCH3 is 1. The van der Waals surface area contributed by atoms with Gasteiger partial charge in [0.1, 0.15) is 12.4 Å². The zero-order chi connectivity index (χ0) is 17.5. The van der Waals surface area contributed by atoms with Gasteiger partial charge in [-0.2, -0.15) is 0 Å². The Labute approximate surface area is 151 Å². The van der Waals surface area contributed by atoms with Crippen molar-refractivity contribution in [3.05, 3.63) is 39.8 Å². The molecule has 1 aromatic carbocycles. The Morgan fingerprint density at radius 1 is 1.28 bits per heavy atom. The van der Waals surface area contributed by atoms with Gasteiger partial charge < -0.3 is 20.1 Å². The molecule has 0 bridgehead atoms. The molecule has 6 nitrogen and oxygen atoms in total. The minimum Gasteiger partial charge on any atom is -0.489 e. The molecule has 0 saturated carbocycles. The summed E-state index contributed by atoms with van der Waals surface area (Å²) in [6.45, 7) is 1.49. The van der Waals surface area contributed by atoms with E-state index in [1.165, 1.54) is 17.0 Å². The van der Waals surface area contributed by atoms with Gasteiger partial charge in [0.05, 0.1) is 23.0 Å². The number of urea groups is 1. The lowest BCUT2D eigenvalue weighted by Crippen LogP contribution is -2.30. The number of rotatable bonds is 8. The largest absolute Gasteiger partial charge is 0.489 e. The number of carbonyl (C=O) groups is 1. The first kappa shape index (κ1) is 17.7. The van der Waals surface area contributed by atoms with Crippen molar-refractivity contribution in [1.29, 1.82) is 0 Å². The molecule has 2 N–H and O–H groups in total. The molecule has 0 radical (unpaired) electrons. The molecular formula is C18H23N3O3S. The fourth-order valence-electron chi connectivity index (χ4n) is 2.73. The van der Waals surface area contributed by atoms with Crippen LogP contribution in [0.15, 0.2) is 24.3 Å². The van der Waals surface area contributed by atoms with E-state index in [2.05, 4.69) is 15.6 Å². The van der Waals surface area contributed by atoms with Gasteiger partial charge in [-0.3, -0.25) is 0 Å². The number of nitrogens with one attached hydrogen (secondary N) is 2. The summed E-state index contributed by atoms with van der Waals surface area (Å²) in [5.41, 5.74) is 1.90. The minimum atomic E-state index is -0.244. The number of amides is 2. The lowest BCUT2D eigenvalue weighted by molar-refractivity contribution is 0.146. The molecule has 25 heavy (non-hydrogen) atoms. The quantitative estimate of drug-likeness (QED) is 0.709. The second-order valence-corrected chi connectivity index (χ2v) is 6.97. The first-order valence-electron chi connectivity index (χ1n) is 8.49. The third-order valence-electron chi connectivity index (χ3n) is 3.94. The molecule has 0 aliphatic heterocycles. The van der Waals surface area contributed by atoms with Crippen LogP contribution in [0.4, 0.5) is 10.5 Å². The topological polar surface area (TPSA) is 72.5 Å². The number of carbonyl (C=O) groups excluding carboxylic acids is 1. The van der Waals surface area contributed by atoms with Gasteiger partial charge in [-0.1, -0.05) is 12.1 Å². The van der Waals surface area contributed by atoms with Gasteiger partial charge in [0.2, 0.25) is 0 Å². The molecule has 0 spiro atoms. The highest BCUT2D eigenvalue weighted by Crippen LogP contribution is 2.27. The fraction of sp³-hybridized carbons (Fsp3) is 0.444. The summed E-state index contributed by atoms with van der Waals surface area (Å²) in [6.07, 6.45) is 4.23. The zero-order valence-electron chi connectivity index (χ0n) is 14.3. The number of para-hydroxylation sites is 2. The van der Waals surface area contributed by atoms with Crippen molar-refractivity contribution < 1.29 is 14.3 Å². The third-order valence-corrected chi connectivity index (χ3v) is 5.16. The summed E-state index contributed by atoms with van der Waals surface area (Å²) in [4.78, 5) is 18.2. The van der Waals surface area contributed by atoms with Crippen LogP contribution in [0.2, 0.25) is 0 Å². The van der Waals surface area contributed by atoms with E-state index in [-0.39, 0.29) is 6.03 Å². The number of nitrogens with zero attached hydrogens (tertiary/aromatic N) is 1. The Kier molecular flexibility index (Phi) is 6.25. The van der Waals surface area contributed by atoms with Gasteiger partial charge in [-0.05, 0) is 31.4 Å². The van der Waals surface area contributed by atoms with Crippen LogP contribution in [-0.2, 0) is 24.0 Å². The molecule has 7 heteroatoms. The molecular weight excluding hydrogens is 338 g/mol. The first-order chi connectivity index (χ1) is 12.3. The maximum Gasteiger partial charge on any atom is 0.319 e. The summed E-state index contributed by atoms with van der Waals surface area (Å²) in [7, 11) is 1.62. The molecule has 1 aliphatic carbocycles. The van der Waals surface area contributed by atoms with Crippen LogP contribution in [0.25, 0.3) is 0 Å². The van der Waals surface area contributed by atoms with Crippen LogP contribution in [-0.4, -0.2) is 37.9 Å². The average molecular weight is 361 g/mol. The standard InChI is InChI=1S/C18H23N3O3S/c1-23-11-12-24-15-7-3-2-5-13(15)21-18(22)19-10-9-17-20-14-6-4-8-16(14)25-17/h2-3,5,7H,4,6,8-12H2,1H3,(H2,19,21,22). The summed E-state index contributed by atoms with van der Waals surface area (Å²) in [5, 5.41) is 6.81. The summed E-state index contributed by atoms with van der Waals surface area (Å²) >= 11 is 1.78. The van der Waals surface area contributed by atoms with Crippen molar-refractivity contribution in [2.24, 2.45) is 0 Å². The smallest absolute Gasteiger partial charge is 0.319 e. The SMILES string of the molecule is COCCOc1ccccc1NC(=O)NCCc1nc2c(s1)CCC2. The Morgan fingerprint density at radius 2 is 2.16 bits per heavy atom. The molecule has 1 aliphatic rings. The van der Waals surface area contributed by atoms with Crippen molar-refractivity contribution >= 4 is 23.1 Å².